The summed E-state index contributed by atoms with van der Waals surface area (Å²) in [6.45, 7) is 3.50. The van der Waals surface area contributed by atoms with Crippen molar-refractivity contribution in [1.29, 1.82) is 0 Å². The zero-order valence-corrected chi connectivity index (χ0v) is 11.9. The van der Waals surface area contributed by atoms with Gasteiger partial charge in [0.1, 0.15) is 0 Å². The molecule has 1 unspecified atom stereocenters. The Bertz CT molecular complexity index is 518. The van der Waals surface area contributed by atoms with E-state index in [9.17, 15) is 14.4 Å². The first-order valence-corrected chi connectivity index (χ1v) is 6.89. The molecule has 7 nitrogen and oxygen atoms in total. The zero-order valence-electron chi connectivity index (χ0n) is 11.9. The molecule has 114 valence electrons. The summed E-state index contributed by atoms with van der Waals surface area (Å²) in [6.07, 6.45) is 1.50. The van der Waals surface area contributed by atoms with Crippen LogP contribution in [0.5, 0.6) is 0 Å². The summed E-state index contributed by atoms with van der Waals surface area (Å²) >= 11 is 0. The fourth-order valence-electron chi connectivity index (χ4n) is 2.39. The Kier molecular flexibility index (Phi) is 4.62. The quantitative estimate of drug-likeness (QED) is 0.850. The molecule has 2 heterocycles. The molecule has 0 saturated carbocycles. The number of carbonyl (C=O) groups excluding carboxylic acids is 3. The van der Waals surface area contributed by atoms with Crippen molar-refractivity contribution >= 4 is 17.7 Å². The van der Waals surface area contributed by atoms with Crippen LogP contribution in [0, 0.1) is 5.92 Å². The van der Waals surface area contributed by atoms with Crippen molar-refractivity contribution in [2.45, 2.75) is 13.3 Å². The smallest absolute Gasteiger partial charge is 0.289 e. The first kappa shape index (κ1) is 15.1. The first-order valence-electron chi connectivity index (χ1n) is 6.89. The molecule has 2 rings (SSSR count). The molecule has 0 radical (unpaired) electrons. The molecular formula is C14H19N3O4. The second-order valence-corrected chi connectivity index (χ2v) is 5.17. The van der Waals surface area contributed by atoms with E-state index in [-0.39, 0.29) is 18.2 Å². The van der Waals surface area contributed by atoms with Crippen LogP contribution in [0.1, 0.15) is 23.9 Å². The van der Waals surface area contributed by atoms with Crippen LogP contribution in [0.4, 0.5) is 0 Å². The molecule has 3 amide bonds. The van der Waals surface area contributed by atoms with Gasteiger partial charge < -0.3 is 20.0 Å². The van der Waals surface area contributed by atoms with Crippen molar-refractivity contribution in [3.8, 4) is 0 Å². The Labute approximate surface area is 122 Å². The summed E-state index contributed by atoms with van der Waals surface area (Å²) in [4.78, 5) is 38.4. The molecule has 0 bridgehead atoms. The highest BCUT2D eigenvalue weighted by Crippen LogP contribution is 2.13. The molecule has 21 heavy (non-hydrogen) atoms. The third-order valence-electron chi connectivity index (χ3n) is 3.54. The second-order valence-electron chi connectivity index (χ2n) is 5.17. The van der Waals surface area contributed by atoms with E-state index in [0.29, 0.717) is 31.9 Å². The van der Waals surface area contributed by atoms with Gasteiger partial charge in [0.15, 0.2) is 5.76 Å². The number of nitrogens with zero attached hydrogens (tertiary/aromatic N) is 2. The summed E-state index contributed by atoms with van der Waals surface area (Å²) in [5, 5.41) is 0. The highest BCUT2D eigenvalue weighted by atomic mass is 16.3. The van der Waals surface area contributed by atoms with E-state index in [2.05, 4.69) is 0 Å². The van der Waals surface area contributed by atoms with E-state index < -0.39 is 11.8 Å². The van der Waals surface area contributed by atoms with Crippen LogP contribution in [-0.4, -0.2) is 53.7 Å². The van der Waals surface area contributed by atoms with Crippen LogP contribution in [0.2, 0.25) is 0 Å². The second kappa shape index (κ2) is 6.43. The zero-order chi connectivity index (χ0) is 15.4. The lowest BCUT2D eigenvalue weighted by Crippen LogP contribution is -2.51. The van der Waals surface area contributed by atoms with Crippen molar-refractivity contribution in [1.82, 2.24) is 9.80 Å². The van der Waals surface area contributed by atoms with Gasteiger partial charge in [0.05, 0.1) is 6.26 Å². The minimum absolute atomic E-state index is 0.0460. The molecule has 1 aliphatic heterocycles. The summed E-state index contributed by atoms with van der Waals surface area (Å²) in [6, 6.07) is 3.29. The molecular weight excluding hydrogens is 274 g/mol. The molecule has 0 spiro atoms. The molecule has 2 N–H and O–H groups in total. The molecule has 0 aromatic carbocycles. The summed E-state index contributed by atoms with van der Waals surface area (Å²) in [5.74, 6) is -0.870. The molecule has 1 aromatic heterocycles. The van der Waals surface area contributed by atoms with Crippen molar-refractivity contribution in [2.24, 2.45) is 11.7 Å². The maximum Gasteiger partial charge on any atom is 0.289 e. The van der Waals surface area contributed by atoms with Gasteiger partial charge in [-0.3, -0.25) is 14.4 Å². The van der Waals surface area contributed by atoms with Gasteiger partial charge in [-0.2, -0.15) is 0 Å². The van der Waals surface area contributed by atoms with E-state index in [1.807, 2.05) is 0 Å². The Morgan fingerprint density at radius 1 is 1.24 bits per heavy atom. The van der Waals surface area contributed by atoms with Crippen molar-refractivity contribution in [2.75, 3.05) is 26.2 Å². The number of primary amides is 1. The highest BCUT2D eigenvalue weighted by molar-refractivity contribution is 5.91. The molecule has 7 heteroatoms. The summed E-state index contributed by atoms with van der Waals surface area (Å²) < 4.78 is 5.08. The Hall–Kier alpha value is -2.31. The summed E-state index contributed by atoms with van der Waals surface area (Å²) in [5.41, 5.74) is 5.10. The third-order valence-corrected chi connectivity index (χ3v) is 3.54. The molecule has 1 aromatic rings. The first-order chi connectivity index (χ1) is 9.99. The fourth-order valence-corrected chi connectivity index (χ4v) is 2.39. The third kappa shape index (κ3) is 3.62. The van der Waals surface area contributed by atoms with Crippen LogP contribution in [0.3, 0.4) is 0 Å². The SMILES string of the molecule is CC(CC(N)=O)C(=O)N1CCN(C(=O)c2ccco2)CC1. The number of amides is 3. The number of hydrogen-bond donors (Lipinski definition) is 1. The number of carbonyl (C=O) groups is 3. The lowest BCUT2D eigenvalue weighted by Gasteiger charge is -2.35. The number of nitrogens with two attached hydrogens (primary N) is 1. The number of hydrogen-bond acceptors (Lipinski definition) is 4. The topological polar surface area (TPSA) is 96.9 Å². The molecule has 1 fully saturated rings. The Balaban J connectivity index is 1.87. The normalized spacial score (nSPS) is 16.6. The number of rotatable bonds is 4. The maximum absolute atomic E-state index is 12.1. The van der Waals surface area contributed by atoms with Crippen LogP contribution >= 0.6 is 0 Å². The van der Waals surface area contributed by atoms with E-state index in [1.165, 1.54) is 6.26 Å². The molecule has 1 saturated heterocycles. The average Bonchev–Trinajstić information content (AvgIpc) is 2.99. The molecule has 1 aliphatic rings. The minimum atomic E-state index is -0.484. The van der Waals surface area contributed by atoms with Gasteiger partial charge in [0.2, 0.25) is 11.8 Å². The van der Waals surface area contributed by atoms with Crippen molar-refractivity contribution in [3.05, 3.63) is 24.2 Å². The molecule has 1 atom stereocenters. The standard InChI is InChI=1S/C14H19N3O4/c1-10(9-12(15)18)13(19)16-4-6-17(7-5-16)14(20)11-3-2-8-21-11/h2-3,8,10H,4-7,9H2,1H3,(H2,15,18). The minimum Gasteiger partial charge on any atom is -0.459 e. The van der Waals surface area contributed by atoms with Gasteiger partial charge >= 0.3 is 0 Å². The Morgan fingerprint density at radius 3 is 2.38 bits per heavy atom. The van der Waals surface area contributed by atoms with Crippen LogP contribution in [0.15, 0.2) is 22.8 Å². The van der Waals surface area contributed by atoms with Gasteiger partial charge in [-0.15, -0.1) is 0 Å². The number of furan rings is 1. The predicted octanol–water partition coefficient (Wildman–Crippen LogP) is 0.0755. The van der Waals surface area contributed by atoms with Gasteiger partial charge in [-0.1, -0.05) is 6.92 Å². The van der Waals surface area contributed by atoms with Gasteiger partial charge in [-0.05, 0) is 12.1 Å². The number of piperazine rings is 1. The Morgan fingerprint density at radius 2 is 1.86 bits per heavy atom. The van der Waals surface area contributed by atoms with Crippen LogP contribution in [0.25, 0.3) is 0 Å². The van der Waals surface area contributed by atoms with E-state index in [0.717, 1.165) is 0 Å². The lowest BCUT2D eigenvalue weighted by molar-refractivity contribution is -0.138. The highest BCUT2D eigenvalue weighted by Gasteiger charge is 2.28. The maximum atomic E-state index is 12.1. The van der Waals surface area contributed by atoms with E-state index >= 15 is 0 Å². The molecule has 0 aliphatic carbocycles. The summed E-state index contributed by atoms with van der Waals surface area (Å²) in [7, 11) is 0. The largest absolute Gasteiger partial charge is 0.459 e. The predicted molar refractivity (Wildman–Crippen MR) is 74.2 cm³/mol. The fraction of sp³-hybridized carbons (Fsp3) is 0.500. The van der Waals surface area contributed by atoms with Gasteiger partial charge in [-0.25, -0.2) is 0 Å². The van der Waals surface area contributed by atoms with E-state index in [4.69, 9.17) is 10.2 Å². The van der Waals surface area contributed by atoms with E-state index in [1.54, 1.807) is 28.9 Å². The van der Waals surface area contributed by atoms with Crippen molar-refractivity contribution < 1.29 is 18.8 Å². The van der Waals surface area contributed by atoms with Crippen molar-refractivity contribution in [3.63, 3.8) is 0 Å². The van der Waals surface area contributed by atoms with Gasteiger partial charge in [0.25, 0.3) is 5.91 Å². The van der Waals surface area contributed by atoms with Crippen LogP contribution in [-0.2, 0) is 9.59 Å². The average molecular weight is 293 g/mol. The lowest BCUT2D eigenvalue weighted by atomic mass is 10.1. The van der Waals surface area contributed by atoms with Crippen LogP contribution < -0.4 is 5.73 Å². The monoisotopic (exact) mass is 293 g/mol. The van der Waals surface area contributed by atoms with Gasteiger partial charge in [0, 0.05) is 38.5 Å².